The maximum atomic E-state index is 12.8. The predicted octanol–water partition coefficient (Wildman–Crippen LogP) is 4.33. The van der Waals surface area contributed by atoms with Gasteiger partial charge in [-0.25, -0.2) is 4.79 Å². The third-order valence-electron chi connectivity index (χ3n) is 5.84. The summed E-state index contributed by atoms with van der Waals surface area (Å²) in [6.07, 6.45) is 2.59. The van der Waals surface area contributed by atoms with Crippen molar-refractivity contribution >= 4 is 12.1 Å². The fourth-order valence-corrected chi connectivity index (χ4v) is 4.82. The maximum absolute atomic E-state index is 12.8. The van der Waals surface area contributed by atoms with Crippen LogP contribution in [-0.2, 0) is 14.3 Å². The summed E-state index contributed by atoms with van der Waals surface area (Å²) in [5.41, 5.74) is 1.31. The van der Waals surface area contributed by atoms with Crippen molar-refractivity contribution in [3.63, 3.8) is 0 Å². The number of carbonyl (C=O) groups excluding carboxylic acids is 2. The fraction of sp³-hybridized carbons (Fsp3) is 0.619. The highest BCUT2D eigenvalue weighted by Crippen LogP contribution is 2.54. The molecule has 5 unspecified atom stereocenters. The van der Waals surface area contributed by atoms with E-state index in [2.05, 4.69) is 24.3 Å². The second-order valence-corrected chi connectivity index (χ2v) is 7.34. The van der Waals surface area contributed by atoms with Gasteiger partial charge in [-0.05, 0) is 43.6 Å². The van der Waals surface area contributed by atoms with Crippen LogP contribution in [0.5, 0.6) is 0 Å². The van der Waals surface area contributed by atoms with Gasteiger partial charge in [-0.2, -0.15) is 0 Å². The van der Waals surface area contributed by atoms with Gasteiger partial charge < -0.3 is 14.4 Å². The lowest BCUT2D eigenvalue weighted by Gasteiger charge is -2.39. The van der Waals surface area contributed by atoms with E-state index in [4.69, 9.17) is 9.47 Å². The number of rotatable bonds is 6. The number of esters is 1. The first kappa shape index (κ1) is 18.7. The summed E-state index contributed by atoms with van der Waals surface area (Å²) in [5.74, 6) is 1.14. The number of nitrogens with zero attached hydrogens (tertiary/aromatic N) is 1. The molecular weight excluding hydrogens is 330 g/mol. The van der Waals surface area contributed by atoms with E-state index in [9.17, 15) is 9.59 Å². The molecule has 0 aliphatic heterocycles. The molecule has 5 heteroatoms. The first-order chi connectivity index (χ1) is 12.5. The maximum Gasteiger partial charge on any atom is 0.413 e. The van der Waals surface area contributed by atoms with E-state index in [0.717, 1.165) is 0 Å². The average molecular weight is 359 g/mol. The van der Waals surface area contributed by atoms with Crippen molar-refractivity contribution in [2.24, 2.45) is 11.8 Å². The lowest BCUT2D eigenvalue weighted by Crippen LogP contribution is -2.47. The van der Waals surface area contributed by atoms with Gasteiger partial charge in [0.2, 0.25) is 6.29 Å². The molecule has 0 radical (unpaired) electrons. The van der Waals surface area contributed by atoms with Gasteiger partial charge in [-0.3, -0.25) is 4.79 Å². The van der Waals surface area contributed by atoms with Gasteiger partial charge in [0.15, 0.2) is 0 Å². The van der Waals surface area contributed by atoms with Crippen molar-refractivity contribution in [2.75, 3.05) is 6.54 Å². The highest BCUT2D eigenvalue weighted by atomic mass is 16.7. The first-order valence-corrected chi connectivity index (χ1v) is 9.76. The molecule has 142 valence electrons. The molecule has 5 atom stereocenters. The average Bonchev–Trinajstić information content (AvgIpc) is 3.24. The largest absolute Gasteiger partial charge is 0.425 e. The van der Waals surface area contributed by atoms with Crippen LogP contribution in [0.25, 0.3) is 0 Å². The highest BCUT2D eigenvalue weighted by molar-refractivity contribution is 5.70. The molecule has 3 rings (SSSR count). The minimum absolute atomic E-state index is 0.155. The Kier molecular flexibility index (Phi) is 5.84. The Hall–Kier alpha value is -2.04. The van der Waals surface area contributed by atoms with Gasteiger partial charge >= 0.3 is 12.1 Å². The summed E-state index contributed by atoms with van der Waals surface area (Å²) in [6, 6.07) is 10.7. The molecule has 2 bridgehead atoms. The van der Waals surface area contributed by atoms with Gasteiger partial charge in [0.25, 0.3) is 0 Å². The van der Waals surface area contributed by atoms with Crippen LogP contribution in [0, 0.1) is 11.8 Å². The molecule has 2 aliphatic rings. The topological polar surface area (TPSA) is 55.8 Å². The van der Waals surface area contributed by atoms with E-state index >= 15 is 0 Å². The number of hydrogen-bond acceptors (Lipinski definition) is 4. The molecule has 1 aromatic carbocycles. The fourth-order valence-electron chi connectivity index (χ4n) is 4.82. The van der Waals surface area contributed by atoms with Crippen LogP contribution in [0.4, 0.5) is 4.79 Å². The SMILES string of the molecule is CCC(=O)OC(C)OC(=O)N(CC)C1C2CCC(C2)C1c1ccccc1. The molecule has 0 heterocycles. The monoisotopic (exact) mass is 359 g/mol. The number of carbonyl (C=O) groups is 2. The van der Waals surface area contributed by atoms with Crippen molar-refractivity contribution in [2.45, 2.75) is 64.7 Å². The number of likely N-dealkylation sites (N-methyl/N-ethyl adjacent to an activating group) is 1. The minimum atomic E-state index is -0.863. The van der Waals surface area contributed by atoms with Gasteiger partial charge in [0.05, 0.1) is 0 Å². The Bertz CT molecular complexity index is 632. The van der Waals surface area contributed by atoms with Crippen LogP contribution in [0.3, 0.4) is 0 Å². The molecule has 0 saturated heterocycles. The number of amides is 1. The molecule has 0 N–H and O–H groups in total. The van der Waals surface area contributed by atoms with Crippen LogP contribution < -0.4 is 0 Å². The van der Waals surface area contributed by atoms with Gasteiger partial charge in [-0.1, -0.05) is 37.3 Å². The summed E-state index contributed by atoms with van der Waals surface area (Å²) in [5, 5.41) is 0. The molecular formula is C21H29NO4. The summed E-state index contributed by atoms with van der Waals surface area (Å²) in [7, 11) is 0. The second kappa shape index (κ2) is 8.11. The van der Waals surface area contributed by atoms with E-state index in [-0.39, 0.29) is 24.5 Å². The number of benzene rings is 1. The smallest absolute Gasteiger partial charge is 0.413 e. The Morgan fingerprint density at radius 2 is 1.81 bits per heavy atom. The van der Waals surface area contributed by atoms with Crippen molar-refractivity contribution in [3.8, 4) is 0 Å². The molecule has 2 fully saturated rings. The summed E-state index contributed by atoms with van der Waals surface area (Å²) >= 11 is 0. The Labute approximate surface area is 155 Å². The van der Waals surface area contributed by atoms with E-state index in [1.54, 1.807) is 13.8 Å². The lowest BCUT2D eigenvalue weighted by atomic mass is 9.79. The third kappa shape index (κ3) is 3.71. The summed E-state index contributed by atoms with van der Waals surface area (Å²) in [6.45, 7) is 5.88. The van der Waals surface area contributed by atoms with Crippen LogP contribution in [0.2, 0.25) is 0 Å². The van der Waals surface area contributed by atoms with E-state index in [1.165, 1.54) is 24.8 Å². The van der Waals surface area contributed by atoms with Gasteiger partial charge in [-0.15, -0.1) is 0 Å². The quantitative estimate of drug-likeness (QED) is 0.560. The zero-order valence-electron chi connectivity index (χ0n) is 15.9. The van der Waals surface area contributed by atoms with Crippen molar-refractivity contribution in [3.05, 3.63) is 35.9 Å². The van der Waals surface area contributed by atoms with Crippen molar-refractivity contribution in [1.82, 2.24) is 4.90 Å². The molecule has 5 nitrogen and oxygen atoms in total. The molecule has 0 spiro atoms. The molecule has 1 aromatic rings. The number of ether oxygens (including phenoxy) is 2. The zero-order valence-corrected chi connectivity index (χ0v) is 15.9. The number of hydrogen-bond donors (Lipinski definition) is 0. The molecule has 0 aromatic heterocycles. The summed E-state index contributed by atoms with van der Waals surface area (Å²) in [4.78, 5) is 26.1. The van der Waals surface area contributed by atoms with Crippen LogP contribution in [-0.4, -0.2) is 35.8 Å². The Morgan fingerprint density at radius 1 is 1.12 bits per heavy atom. The van der Waals surface area contributed by atoms with E-state index in [0.29, 0.717) is 24.3 Å². The van der Waals surface area contributed by atoms with Crippen molar-refractivity contribution in [1.29, 1.82) is 0 Å². The normalized spacial score (nSPS) is 27.8. The Morgan fingerprint density at radius 3 is 2.46 bits per heavy atom. The minimum Gasteiger partial charge on any atom is -0.425 e. The van der Waals surface area contributed by atoms with Crippen LogP contribution in [0.1, 0.15) is 57.9 Å². The van der Waals surface area contributed by atoms with Gasteiger partial charge in [0.1, 0.15) is 0 Å². The molecule has 2 saturated carbocycles. The van der Waals surface area contributed by atoms with Gasteiger partial charge in [0, 0.05) is 31.8 Å². The zero-order chi connectivity index (χ0) is 18.7. The molecule has 2 aliphatic carbocycles. The molecule has 1 amide bonds. The lowest BCUT2D eigenvalue weighted by molar-refractivity contribution is -0.166. The predicted molar refractivity (Wildman–Crippen MR) is 98.5 cm³/mol. The van der Waals surface area contributed by atoms with E-state index in [1.807, 2.05) is 17.9 Å². The standard InChI is InChI=1S/C21H29NO4/c1-4-18(23)25-14(3)26-21(24)22(5-2)20-17-12-11-16(13-17)19(20)15-9-7-6-8-10-15/h6-10,14,16-17,19-20H,4-5,11-13H2,1-3H3. The van der Waals surface area contributed by atoms with Crippen molar-refractivity contribution < 1.29 is 19.1 Å². The van der Waals surface area contributed by atoms with E-state index < -0.39 is 6.29 Å². The molecule has 26 heavy (non-hydrogen) atoms. The Balaban J connectivity index is 1.75. The third-order valence-corrected chi connectivity index (χ3v) is 5.84. The highest BCUT2D eigenvalue weighted by Gasteiger charge is 2.51. The van der Waals surface area contributed by atoms with Crippen LogP contribution in [0.15, 0.2) is 30.3 Å². The second-order valence-electron chi connectivity index (χ2n) is 7.34. The first-order valence-electron chi connectivity index (χ1n) is 9.76. The summed E-state index contributed by atoms with van der Waals surface area (Å²) < 4.78 is 10.5. The van der Waals surface area contributed by atoms with Crippen LogP contribution >= 0.6 is 0 Å². The number of fused-ring (bicyclic) bond motifs is 2.